The number of nitrogens with zero attached hydrogens (tertiary/aromatic N) is 2. The first-order valence-electron chi connectivity index (χ1n) is 8.18. The highest BCUT2D eigenvalue weighted by molar-refractivity contribution is 8.15. The van der Waals surface area contributed by atoms with Gasteiger partial charge in [0.05, 0.1) is 15.7 Å². The van der Waals surface area contributed by atoms with Crippen molar-refractivity contribution in [1.82, 2.24) is 4.90 Å². The predicted octanol–water partition coefficient (Wildman–Crippen LogP) is 4.89. The molecule has 1 N–H and O–H groups in total. The normalized spacial score (nSPS) is 18.2. The van der Waals surface area contributed by atoms with Gasteiger partial charge in [0.15, 0.2) is 5.17 Å². The van der Waals surface area contributed by atoms with Crippen LogP contribution in [0.15, 0.2) is 47.5 Å². The molecule has 1 fully saturated rings. The highest BCUT2D eigenvalue weighted by atomic mass is 35.5. The summed E-state index contributed by atoms with van der Waals surface area (Å²) < 4.78 is 0. The Morgan fingerprint density at radius 3 is 2.63 bits per heavy atom. The Morgan fingerprint density at radius 1 is 1.22 bits per heavy atom. The van der Waals surface area contributed by atoms with Crippen molar-refractivity contribution in [3.05, 3.63) is 58.1 Å². The molecule has 0 saturated carbocycles. The summed E-state index contributed by atoms with van der Waals surface area (Å²) >= 11 is 13.4. The van der Waals surface area contributed by atoms with Crippen molar-refractivity contribution in [2.24, 2.45) is 4.99 Å². The van der Waals surface area contributed by atoms with Crippen molar-refractivity contribution in [3.8, 4) is 0 Å². The predicted molar refractivity (Wildman–Crippen MR) is 112 cm³/mol. The average molecular weight is 422 g/mol. The Kier molecular flexibility index (Phi) is 6.09. The van der Waals surface area contributed by atoms with Gasteiger partial charge in [-0.3, -0.25) is 14.5 Å². The number of benzene rings is 2. The van der Waals surface area contributed by atoms with Gasteiger partial charge in [-0.2, -0.15) is 0 Å². The minimum atomic E-state index is -0.530. The summed E-state index contributed by atoms with van der Waals surface area (Å²) in [7, 11) is 1.63. The molecule has 0 radical (unpaired) electrons. The van der Waals surface area contributed by atoms with Crippen LogP contribution >= 0.6 is 35.0 Å². The molecular formula is C19H17Cl2N3O2S. The lowest BCUT2D eigenvalue weighted by atomic mass is 10.2. The van der Waals surface area contributed by atoms with E-state index in [1.807, 2.05) is 31.2 Å². The number of amides is 2. The minimum Gasteiger partial charge on any atom is -0.326 e. The minimum absolute atomic E-state index is 0.0595. The van der Waals surface area contributed by atoms with E-state index in [1.165, 1.54) is 16.7 Å². The van der Waals surface area contributed by atoms with Crippen molar-refractivity contribution in [2.45, 2.75) is 18.6 Å². The van der Waals surface area contributed by atoms with Gasteiger partial charge in [-0.1, -0.05) is 58.7 Å². The second kappa shape index (κ2) is 8.33. The maximum atomic E-state index is 12.5. The van der Waals surface area contributed by atoms with Crippen LogP contribution in [-0.2, 0) is 9.59 Å². The van der Waals surface area contributed by atoms with Crippen LogP contribution in [0.25, 0.3) is 0 Å². The molecule has 140 valence electrons. The largest absolute Gasteiger partial charge is 0.326 e. The molecule has 8 heteroatoms. The van der Waals surface area contributed by atoms with Crippen molar-refractivity contribution in [3.63, 3.8) is 0 Å². The van der Waals surface area contributed by atoms with E-state index in [0.717, 1.165) is 5.56 Å². The van der Waals surface area contributed by atoms with Crippen LogP contribution in [0, 0.1) is 6.92 Å². The highest BCUT2D eigenvalue weighted by Crippen LogP contribution is 2.35. The number of carbonyl (C=O) groups excluding carboxylic acids is 2. The maximum Gasteiger partial charge on any atom is 0.242 e. The van der Waals surface area contributed by atoms with Crippen LogP contribution in [0.4, 0.5) is 11.4 Å². The SMILES string of the molecule is Cc1ccc(NC(=O)C[C@@H]2SC(=Nc3cccc(Cl)c3Cl)N(C)C2=O)cc1. The number of halogens is 2. The average Bonchev–Trinajstić information content (AvgIpc) is 2.89. The number of anilines is 1. The number of aryl methyl sites for hydroxylation is 1. The summed E-state index contributed by atoms with van der Waals surface area (Å²) in [5, 5.41) is 3.48. The standard InChI is InChI=1S/C19H17Cl2N3O2S/c1-11-6-8-12(9-7-11)22-16(25)10-15-18(26)24(2)19(27-15)23-14-5-3-4-13(20)17(14)21/h3-9,15H,10H2,1-2H3,(H,22,25)/t15-/m0/s1. The number of nitrogens with one attached hydrogen (secondary N) is 1. The summed E-state index contributed by atoms with van der Waals surface area (Å²) in [5.74, 6) is -0.393. The lowest BCUT2D eigenvalue weighted by Crippen LogP contribution is -2.30. The van der Waals surface area contributed by atoms with Gasteiger partial charge in [0.1, 0.15) is 5.25 Å². The van der Waals surface area contributed by atoms with Gasteiger partial charge >= 0.3 is 0 Å². The van der Waals surface area contributed by atoms with Crippen molar-refractivity contribution >= 4 is 63.3 Å². The molecule has 3 rings (SSSR count). The van der Waals surface area contributed by atoms with Gasteiger partial charge < -0.3 is 5.32 Å². The molecule has 1 heterocycles. The number of hydrogen-bond donors (Lipinski definition) is 1. The third-order valence-electron chi connectivity index (χ3n) is 3.99. The van der Waals surface area contributed by atoms with E-state index in [2.05, 4.69) is 10.3 Å². The van der Waals surface area contributed by atoms with Gasteiger partial charge in [-0.05, 0) is 31.2 Å². The summed E-state index contributed by atoms with van der Waals surface area (Å²) in [6.07, 6.45) is 0.0595. The van der Waals surface area contributed by atoms with E-state index in [4.69, 9.17) is 23.2 Å². The third-order valence-corrected chi connectivity index (χ3v) is 6.03. The maximum absolute atomic E-state index is 12.5. The fraction of sp³-hybridized carbons (Fsp3) is 0.211. The zero-order valence-corrected chi connectivity index (χ0v) is 17.0. The van der Waals surface area contributed by atoms with Crippen molar-refractivity contribution < 1.29 is 9.59 Å². The van der Waals surface area contributed by atoms with E-state index in [1.54, 1.807) is 25.2 Å². The van der Waals surface area contributed by atoms with Crippen LogP contribution < -0.4 is 5.32 Å². The number of aliphatic imine (C=N–C) groups is 1. The second-order valence-electron chi connectivity index (χ2n) is 6.09. The molecule has 0 spiro atoms. The van der Waals surface area contributed by atoms with Crippen LogP contribution in [-0.4, -0.2) is 34.2 Å². The number of amidine groups is 1. The molecule has 2 amide bonds. The Hall–Kier alpha value is -2.02. The Balaban J connectivity index is 1.70. The van der Waals surface area contributed by atoms with E-state index >= 15 is 0 Å². The number of carbonyl (C=O) groups is 2. The van der Waals surface area contributed by atoms with Gasteiger partial charge in [-0.25, -0.2) is 4.99 Å². The fourth-order valence-corrected chi connectivity index (χ4v) is 3.98. The highest BCUT2D eigenvalue weighted by Gasteiger charge is 2.37. The van der Waals surface area contributed by atoms with Crippen molar-refractivity contribution in [1.29, 1.82) is 0 Å². The van der Waals surface area contributed by atoms with E-state index in [0.29, 0.717) is 26.6 Å². The Morgan fingerprint density at radius 2 is 1.93 bits per heavy atom. The molecule has 5 nitrogen and oxygen atoms in total. The Labute approximate surface area is 171 Å². The molecule has 0 aromatic heterocycles. The third kappa shape index (κ3) is 4.64. The topological polar surface area (TPSA) is 61.8 Å². The molecule has 2 aromatic carbocycles. The summed E-state index contributed by atoms with van der Waals surface area (Å²) in [5.41, 5.74) is 2.29. The van der Waals surface area contributed by atoms with E-state index < -0.39 is 5.25 Å². The molecule has 1 atom stereocenters. The van der Waals surface area contributed by atoms with Crippen LogP contribution in [0.5, 0.6) is 0 Å². The molecule has 0 unspecified atom stereocenters. The van der Waals surface area contributed by atoms with Crippen LogP contribution in [0.1, 0.15) is 12.0 Å². The molecule has 1 aliphatic rings. The number of hydrogen-bond acceptors (Lipinski definition) is 4. The van der Waals surface area contributed by atoms with Gasteiger partial charge in [0.25, 0.3) is 0 Å². The molecule has 0 bridgehead atoms. The molecule has 1 saturated heterocycles. The van der Waals surface area contributed by atoms with E-state index in [-0.39, 0.29) is 18.2 Å². The first kappa shape index (κ1) is 19.7. The second-order valence-corrected chi connectivity index (χ2v) is 8.04. The first-order chi connectivity index (χ1) is 12.8. The van der Waals surface area contributed by atoms with Gasteiger partial charge in [-0.15, -0.1) is 0 Å². The molecule has 0 aliphatic carbocycles. The number of thioether (sulfide) groups is 1. The lowest BCUT2D eigenvalue weighted by Gasteiger charge is -2.09. The number of rotatable bonds is 4. The summed E-state index contributed by atoms with van der Waals surface area (Å²) in [4.78, 5) is 30.6. The van der Waals surface area contributed by atoms with Crippen molar-refractivity contribution in [2.75, 3.05) is 12.4 Å². The lowest BCUT2D eigenvalue weighted by molar-refractivity contribution is -0.127. The quantitative estimate of drug-likeness (QED) is 0.763. The van der Waals surface area contributed by atoms with Gasteiger partial charge in [0.2, 0.25) is 11.8 Å². The van der Waals surface area contributed by atoms with Gasteiger partial charge in [0, 0.05) is 19.2 Å². The fourth-order valence-electron chi connectivity index (χ4n) is 2.50. The first-order valence-corrected chi connectivity index (χ1v) is 9.82. The van der Waals surface area contributed by atoms with E-state index in [9.17, 15) is 9.59 Å². The van der Waals surface area contributed by atoms with Crippen LogP contribution in [0.3, 0.4) is 0 Å². The molecule has 27 heavy (non-hydrogen) atoms. The summed E-state index contributed by atoms with van der Waals surface area (Å²) in [6, 6.07) is 12.6. The monoisotopic (exact) mass is 421 g/mol. The molecule has 1 aliphatic heterocycles. The smallest absolute Gasteiger partial charge is 0.242 e. The zero-order valence-electron chi connectivity index (χ0n) is 14.7. The van der Waals surface area contributed by atoms with Crippen LogP contribution in [0.2, 0.25) is 10.0 Å². The molecular weight excluding hydrogens is 405 g/mol. The Bertz CT molecular complexity index is 916. The molecule has 2 aromatic rings. The zero-order chi connectivity index (χ0) is 19.6. The summed E-state index contributed by atoms with van der Waals surface area (Å²) in [6.45, 7) is 1.97.